The first-order valence-electron chi connectivity index (χ1n) is 7.54. The van der Waals surface area contributed by atoms with Gasteiger partial charge in [0, 0.05) is 22.9 Å². The zero-order valence-electron chi connectivity index (χ0n) is 13.4. The molecule has 3 aromatic rings. The summed E-state index contributed by atoms with van der Waals surface area (Å²) in [6.07, 6.45) is 1.90. The number of aryl methyl sites for hydroxylation is 2. The molecule has 118 valence electrons. The van der Waals surface area contributed by atoms with Gasteiger partial charge in [-0.2, -0.15) is 0 Å². The van der Waals surface area contributed by atoms with E-state index in [4.69, 9.17) is 0 Å². The molecule has 0 spiro atoms. The third-order valence-corrected chi connectivity index (χ3v) is 4.31. The number of aromatic nitrogens is 2. The highest BCUT2D eigenvalue weighted by Crippen LogP contribution is 2.23. The van der Waals surface area contributed by atoms with Crippen molar-refractivity contribution in [2.75, 3.05) is 11.4 Å². The van der Waals surface area contributed by atoms with E-state index < -0.39 is 0 Å². The van der Waals surface area contributed by atoms with Crippen LogP contribution in [0.2, 0.25) is 0 Å². The highest BCUT2D eigenvalue weighted by Gasteiger charge is 2.23. The highest BCUT2D eigenvalue weighted by atomic mass is 79.9. The van der Waals surface area contributed by atoms with Gasteiger partial charge in [0.05, 0.1) is 5.69 Å². The Bertz CT molecular complexity index is 871. The molecule has 23 heavy (non-hydrogen) atoms. The first-order chi connectivity index (χ1) is 11.0. The quantitative estimate of drug-likeness (QED) is 0.684. The number of fused-ring (bicyclic) bond motifs is 1. The molecule has 0 saturated heterocycles. The number of benzene rings is 1. The molecule has 0 aliphatic carbocycles. The van der Waals surface area contributed by atoms with E-state index in [0.717, 1.165) is 27.1 Å². The average Bonchev–Trinajstić information content (AvgIpc) is 2.85. The summed E-state index contributed by atoms with van der Waals surface area (Å²) < 4.78 is 2.81. The van der Waals surface area contributed by atoms with Gasteiger partial charge in [0.15, 0.2) is 0 Å². The van der Waals surface area contributed by atoms with Crippen LogP contribution in [0.1, 0.15) is 28.7 Å². The van der Waals surface area contributed by atoms with Crippen LogP contribution < -0.4 is 4.90 Å². The highest BCUT2D eigenvalue weighted by molar-refractivity contribution is 9.10. The molecule has 1 aromatic carbocycles. The number of nitrogens with zero attached hydrogens (tertiary/aromatic N) is 3. The molecular weight excluding hydrogens is 354 g/mol. The second-order valence-electron chi connectivity index (χ2n) is 5.47. The van der Waals surface area contributed by atoms with Gasteiger partial charge in [-0.25, -0.2) is 4.98 Å². The van der Waals surface area contributed by atoms with Crippen LogP contribution in [0.25, 0.3) is 5.65 Å². The zero-order chi connectivity index (χ0) is 16.6. The smallest absolute Gasteiger partial charge is 0.277 e. The van der Waals surface area contributed by atoms with Crippen molar-refractivity contribution in [3.63, 3.8) is 0 Å². The Morgan fingerprint density at radius 1 is 1.26 bits per heavy atom. The number of pyridine rings is 1. The zero-order valence-corrected chi connectivity index (χ0v) is 15.0. The Kier molecular flexibility index (Phi) is 4.22. The van der Waals surface area contributed by atoms with Gasteiger partial charge in [0.25, 0.3) is 5.91 Å². The van der Waals surface area contributed by atoms with Crippen LogP contribution in [0.3, 0.4) is 0 Å². The summed E-state index contributed by atoms with van der Waals surface area (Å²) in [6, 6.07) is 11.7. The van der Waals surface area contributed by atoms with Gasteiger partial charge in [-0.1, -0.05) is 18.2 Å². The fourth-order valence-corrected chi connectivity index (χ4v) is 3.37. The van der Waals surface area contributed by atoms with Gasteiger partial charge >= 0.3 is 0 Å². The van der Waals surface area contributed by atoms with Crippen molar-refractivity contribution in [3.8, 4) is 0 Å². The molecule has 3 rings (SSSR count). The van der Waals surface area contributed by atoms with E-state index in [2.05, 4.69) is 20.9 Å². The third-order valence-electron chi connectivity index (χ3n) is 3.88. The summed E-state index contributed by atoms with van der Waals surface area (Å²) >= 11 is 3.50. The van der Waals surface area contributed by atoms with Crippen molar-refractivity contribution in [3.05, 3.63) is 64.0 Å². The maximum Gasteiger partial charge on any atom is 0.277 e. The molecular formula is C18H18BrN3O. The van der Waals surface area contributed by atoms with Crippen LogP contribution in [-0.2, 0) is 0 Å². The second kappa shape index (κ2) is 6.16. The number of amides is 1. The summed E-state index contributed by atoms with van der Waals surface area (Å²) in [7, 11) is 0. The number of imidazole rings is 1. The predicted molar refractivity (Wildman–Crippen MR) is 96.2 cm³/mol. The van der Waals surface area contributed by atoms with E-state index >= 15 is 0 Å². The molecule has 1 amide bonds. The minimum Gasteiger partial charge on any atom is -0.307 e. The van der Waals surface area contributed by atoms with Crippen molar-refractivity contribution < 1.29 is 4.79 Å². The number of hydrogen-bond acceptors (Lipinski definition) is 2. The minimum absolute atomic E-state index is 0.0406. The number of hydrogen-bond donors (Lipinski definition) is 0. The fraction of sp³-hybridized carbons (Fsp3) is 0.222. The second-order valence-corrected chi connectivity index (χ2v) is 6.38. The van der Waals surface area contributed by atoms with Crippen molar-refractivity contribution >= 4 is 33.2 Å². The summed E-state index contributed by atoms with van der Waals surface area (Å²) in [6.45, 7) is 6.45. The monoisotopic (exact) mass is 371 g/mol. The van der Waals surface area contributed by atoms with Crippen LogP contribution >= 0.6 is 15.9 Å². The van der Waals surface area contributed by atoms with Crippen LogP contribution in [0, 0.1) is 13.8 Å². The number of carbonyl (C=O) groups excluding carboxylic acids is 1. The molecule has 0 unspecified atom stereocenters. The Morgan fingerprint density at radius 2 is 1.96 bits per heavy atom. The van der Waals surface area contributed by atoms with Gasteiger partial charge in [-0.3, -0.25) is 9.20 Å². The number of para-hydroxylation sites is 1. The number of rotatable bonds is 3. The molecule has 0 radical (unpaired) electrons. The SMILES string of the molecule is CCN(C(=O)c1c(C)nc2c(C)cc(Br)cn12)c1ccccc1. The molecule has 2 aromatic heterocycles. The van der Waals surface area contributed by atoms with Crippen LogP contribution in [0.4, 0.5) is 5.69 Å². The van der Waals surface area contributed by atoms with Gasteiger partial charge in [-0.05, 0) is 60.5 Å². The first-order valence-corrected chi connectivity index (χ1v) is 8.34. The van der Waals surface area contributed by atoms with Crippen LogP contribution in [0.15, 0.2) is 47.1 Å². The predicted octanol–water partition coefficient (Wildman–Crippen LogP) is 4.38. The van der Waals surface area contributed by atoms with Crippen LogP contribution in [0.5, 0.6) is 0 Å². The van der Waals surface area contributed by atoms with Gasteiger partial charge in [0.1, 0.15) is 11.3 Å². The van der Waals surface area contributed by atoms with E-state index in [1.54, 1.807) is 4.90 Å². The molecule has 0 bridgehead atoms. The largest absolute Gasteiger partial charge is 0.307 e. The maximum absolute atomic E-state index is 13.1. The fourth-order valence-electron chi connectivity index (χ4n) is 2.82. The van der Waals surface area contributed by atoms with Crippen molar-refractivity contribution in [2.24, 2.45) is 0 Å². The van der Waals surface area contributed by atoms with Crippen molar-refractivity contribution in [1.82, 2.24) is 9.38 Å². The number of carbonyl (C=O) groups is 1. The number of anilines is 1. The molecule has 0 saturated carbocycles. The summed E-state index contributed by atoms with van der Waals surface area (Å²) in [4.78, 5) is 19.5. The third kappa shape index (κ3) is 2.77. The number of halogens is 1. The van der Waals surface area contributed by atoms with E-state index in [9.17, 15) is 4.79 Å². The summed E-state index contributed by atoms with van der Waals surface area (Å²) in [5.74, 6) is -0.0406. The molecule has 0 aliphatic rings. The maximum atomic E-state index is 13.1. The summed E-state index contributed by atoms with van der Waals surface area (Å²) in [5.41, 5.74) is 4.09. The Labute approximate surface area is 143 Å². The van der Waals surface area contributed by atoms with Crippen molar-refractivity contribution in [1.29, 1.82) is 0 Å². The first kappa shape index (κ1) is 15.7. The Morgan fingerprint density at radius 3 is 2.61 bits per heavy atom. The lowest BCUT2D eigenvalue weighted by Gasteiger charge is -2.21. The van der Waals surface area contributed by atoms with Gasteiger partial charge < -0.3 is 4.90 Å². The minimum atomic E-state index is -0.0406. The lowest BCUT2D eigenvalue weighted by Crippen LogP contribution is -2.32. The van der Waals surface area contributed by atoms with E-state index in [-0.39, 0.29) is 5.91 Å². The lowest BCUT2D eigenvalue weighted by molar-refractivity contribution is 0.0982. The lowest BCUT2D eigenvalue weighted by atomic mass is 10.2. The normalized spacial score (nSPS) is 11.0. The molecule has 0 atom stereocenters. The van der Waals surface area contributed by atoms with Crippen molar-refractivity contribution in [2.45, 2.75) is 20.8 Å². The Balaban J connectivity index is 2.16. The van der Waals surface area contributed by atoms with E-state index in [1.165, 1.54) is 0 Å². The van der Waals surface area contributed by atoms with Crippen LogP contribution in [-0.4, -0.2) is 21.8 Å². The topological polar surface area (TPSA) is 37.6 Å². The molecule has 0 fully saturated rings. The standard InChI is InChI=1S/C18H18BrN3O/c1-4-21(15-8-6-5-7-9-15)18(23)16-13(3)20-17-12(2)10-14(19)11-22(16)17/h5-11H,4H2,1-3H3. The molecule has 4 nitrogen and oxygen atoms in total. The summed E-state index contributed by atoms with van der Waals surface area (Å²) in [5, 5.41) is 0. The van der Waals surface area contributed by atoms with E-state index in [1.807, 2.05) is 67.8 Å². The molecule has 5 heteroatoms. The van der Waals surface area contributed by atoms with Gasteiger partial charge in [-0.15, -0.1) is 0 Å². The van der Waals surface area contributed by atoms with E-state index in [0.29, 0.717) is 12.2 Å². The van der Waals surface area contributed by atoms with Gasteiger partial charge in [0.2, 0.25) is 0 Å². The molecule has 0 N–H and O–H groups in total. The molecule has 2 heterocycles. The average molecular weight is 372 g/mol. The Hall–Kier alpha value is -2.14. The molecule has 0 aliphatic heterocycles.